The van der Waals surface area contributed by atoms with Gasteiger partial charge in [-0.2, -0.15) is 0 Å². The maximum Gasteiger partial charge on any atom is 0.347 e. The lowest BCUT2D eigenvalue weighted by atomic mass is 9.98. The van der Waals surface area contributed by atoms with E-state index in [1.165, 1.54) is 0 Å². The van der Waals surface area contributed by atoms with Crippen LogP contribution in [0, 0.1) is 18.8 Å². The Bertz CT molecular complexity index is 544. The number of urea groups is 1. The first-order valence-electron chi connectivity index (χ1n) is 7.12. The van der Waals surface area contributed by atoms with Crippen LogP contribution in [-0.2, 0) is 6.54 Å². The minimum absolute atomic E-state index is 0.215. The molecule has 1 aliphatic rings. The van der Waals surface area contributed by atoms with Crippen LogP contribution >= 0.6 is 11.3 Å². The highest BCUT2D eigenvalue weighted by atomic mass is 32.1. The lowest BCUT2D eigenvalue weighted by molar-refractivity contribution is 0.0701. The molecule has 1 aromatic rings. The molecule has 3 atom stereocenters. The van der Waals surface area contributed by atoms with Crippen LogP contribution in [0.15, 0.2) is 0 Å². The van der Waals surface area contributed by atoms with Gasteiger partial charge < -0.3 is 15.7 Å². The Kier molecular flexibility index (Phi) is 4.82. The molecule has 0 radical (unpaired) electrons. The molecule has 7 heteroatoms. The molecular weight excluding hydrogens is 290 g/mol. The van der Waals surface area contributed by atoms with Crippen LogP contribution in [0.3, 0.4) is 0 Å². The zero-order valence-electron chi connectivity index (χ0n) is 12.5. The van der Waals surface area contributed by atoms with Crippen molar-refractivity contribution in [3.8, 4) is 0 Å². The van der Waals surface area contributed by atoms with Crippen LogP contribution in [0.2, 0.25) is 0 Å². The van der Waals surface area contributed by atoms with Crippen molar-refractivity contribution in [2.24, 2.45) is 11.8 Å². The molecule has 0 saturated heterocycles. The van der Waals surface area contributed by atoms with Gasteiger partial charge in [-0.25, -0.2) is 14.6 Å². The van der Waals surface area contributed by atoms with E-state index >= 15 is 0 Å². The Morgan fingerprint density at radius 1 is 1.38 bits per heavy atom. The van der Waals surface area contributed by atoms with Crippen molar-refractivity contribution < 1.29 is 14.7 Å². The number of aromatic nitrogens is 1. The fraction of sp³-hybridized carbons (Fsp3) is 0.643. The Morgan fingerprint density at radius 2 is 2.10 bits per heavy atom. The van der Waals surface area contributed by atoms with Crippen molar-refractivity contribution in [2.75, 3.05) is 0 Å². The second kappa shape index (κ2) is 6.43. The van der Waals surface area contributed by atoms with E-state index in [0.717, 1.165) is 24.2 Å². The summed E-state index contributed by atoms with van der Waals surface area (Å²) in [6.45, 7) is 6.27. The summed E-state index contributed by atoms with van der Waals surface area (Å²) in [7, 11) is 0. The summed E-state index contributed by atoms with van der Waals surface area (Å²) in [4.78, 5) is 27.2. The number of carboxylic acid groups (broad SMARTS) is 1. The van der Waals surface area contributed by atoms with E-state index in [4.69, 9.17) is 5.11 Å². The van der Waals surface area contributed by atoms with Gasteiger partial charge in [-0.1, -0.05) is 13.8 Å². The van der Waals surface area contributed by atoms with Gasteiger partial charge in [0.15, 0.2) is 0 Å². The summed E-state index contributed by atoms with van der Waals surface area (Å²) in [5.41, 5.74) is 0.489. The maximum absolute atomic E-state index is 11.9. The Balaban J connectivity index is 1.84. The second-order valence-electron chi connectivity index (χ2n) is 5.67. The number of nitrogens with zero attached hydrogens (tertiary/aromatic N) is 1. The molecule has 3 unspecified atom stereocenters. The maximum atomic E-state index is 11.9. The molecule has 1 aromatic heterocycles. The van der Waals surface area contributed by atoms with Crippen LogP contribution < -0.4 is 10.6 Å². The van der Waals surface area contributed by atoms with E-state index < -0.39 is 5.97 Å². The van der Waals surface area contributed by atoms with Crippen LogP contribution in [0.25, 0.3) is 0 Å². The third-order valence-electron chi connectivity index (χ3n) is 4.22. The molecule has 0 spiro atoms. The number of aryl methyl sites for hydroxylation is 1. The monoisotopic (exact) mass is 311 g/mol. The van der Waals surface area contributed by atoms with Gasteiger partial charge in [0.2, 0.25) is 0 Å². The molecule has 1 heterocycles. The first-order chi connectivity index (χ1) is 9.88. The summed E-state index contributed by atoms with van der Waals surface area (Å²) in [5, 5.41) is 15.3. The highest BCUT2D eigenvalue weighted by Gasteiger charge is 2.30. The van der Waals surface area contributed by atoms with Crippen LogP contribution in [0.4, 0.5) is 4.79 Å². The lowest BCUT2D eigenvalue weighted by Gasteiger charge is -2.19. The van der Waals surface area contributed by atoms with Gasteiger partial charge in [-0.05, 0) is 31.6 Å². The number of carbonyl (C=O) groups excluding carboxylic acids is 1. The Labute approximate surface area is 128 Å². The number of nitrogens with one attached hydrogen (secondary N) is 2. The largest absolute Gasteiger partial charge is 0.477 e. The van der Waals surface area contributed by atoms with E-state index in [2.05, 4.69) is 29.5 Å². The highest BCUT2D eigenvalue weighted by Crippen LogP contribution is 2.30. The molecule has 0 aliphatic heterocycles. The van der Waals surface area contributed by atoms with E-state index in [9.17, 15) is 9.59 Å². The summed E-state index contributed by atoms with van der Waals surface area (Å²) in [6.07, 6.45) is 2.15. The number of hydrogen-bond acceptors (Lipinski definition) is 4. The van der Waals surface area contributed by atoms with Crippen molar-refractivity contribution >= 4 is 23.3 Å². The molecular formula is C14H21N3O3S. The van der Waals surface area contributed by atoms with Gasteiger partial charge >= 0.3 is 12.0 Å². The van der Waals surface area contributed by atoms with Crippen molar-refractivity contribution in [3.05, 3.63) is 15.6 Å². The van der Waals surface area contributed by atoms with Gasteiger partial charge in [0.05, 0.1) is 12.2 Å². The predicted octanol–water partition coefficient (Wildman–Crippen LogP) is 2.38. The molecule has 1 fully saturated rings. The van der Waals surface area contributed by atoms with Gasteiger partial charge in [0.1, 0.15) is 9.88 Å². The third kappa shape index (κ3) is 3.72. The van der Waals surface area contributed by atoms with Crippen molar-refractivity contribution in [1.29, 1.82) is 0 Å². The Hall–Kier alpha value is -1.63. The van der Waals surface area contributed by atoms with Crippen molar-refractivity contribution in [3.63, 3.8) is 0 Å². The summed E-state index contributed by atoms with van der Waals surface area (Å²) < 4.78 is 0. The second-order valence-corrected chi connectivity index (χ2v) is 6.76. The molecule has 1 saturated carbocycles. The van der Waals surface area contributed by atoms with Crippen LogP contribution in [-0.4, -0.2) is 28.1 Å². The number of carbonyl (C=O) groups is 2. The zero-order valence-corrected chi connectivity index (χ0v) is 13.3. The van der Waals surface area contributed by atoms with Crippen molar-refractivity contribution in [2.45, 2.75) is 46.2 Å². The number of thiazole rings is 1. The van der Waals surface area contributed by atoms with Gasteiger partial charge in [0, 0.05) is 6.04 Å². The average molecular weight is 311 g/mol. The highest BCUT2D eigenvalue weighted by molar-refractivity contribution is 7.13. The number of aromatic carboxylic acids is 1. The lowest BCUT2D eigenvalue weighted by Crippen LogP contribution is -2.43. The van der Waals surface area contributed by atoms with E-state index in [-0.39, 0.29) is 23.5 Å². The SMILES string of the molecule is Cc1nc(CNC(=O)NC2CCC(C)C2C)sc1C(=O)O. The van der Waals surface area contributed by atoms with Gasteiger partial charge in [-0.15, -0.1) is 11.3 Å². The minimum atomic E-state index is -0.977. The quantitative estimate of drug-likeness (QED) is 0.796. The van der Waals surface area contributed by atoms with Gasteiger partial charge in [-0.3, -0.25) is 0 Å². The molecule has 6 nitrogen and oxygen atoms in total. The van der Waals surface area contributed by atoms with Crippen LogP contribution in [0.1, 0.15) is 47.1 Å². The molecule has 2 rings (SSSR count). The van der Waals surface area contributed by atoms with E-state index in [1.54, 1.807) is 6.92 Å². The van der Waals surface area contributed by atoms with Gasteiger partial charge in [0.25, 0.3) is 0 Å². The number of amides is 2. The smallest absolute Gasteiger partial charge is 0.347 e. The Morgan fingerprint density at radius 3 is 2.62 bits per heavy atom. The molecule has 116 valence electrons. The molecule has 0 bridgehead atoms. The molecule has 2 amide bonds. The molecule has 3 N–H and O–H groups in total. The first-order valence-corrected chi connectivity index (χ1v) is 7.94. The average Bonchev–Trinajstić information content (AvgIpc) is 2.94. The van der Waals surface area contributed by atoms with E-state index in [0.29, 0.717) is 22.5 Å². The number of hydrogen-bond donors (Lipinski definition) is 3. The fourth-order valence-electron chi connectivity index (χ4n) is 2.67. The summed E-state index contributed by atoms with van der Waals surface area (Å²) in [6, 6.07) is -0.00158. The number of carboxylic acids is 1. The molecule has 21 heavy (non-hydrogen) atoms. The summed E-state index contributed by atoms with van der Waals surface area (Å²) >= 11 is 1.10. The fourth-order valence-corrected chi connectivity index (χ4v) is 3.51. The first kappa shape index (κ1) is 15.8. The topological polar surface area (TPSA) is 91.3 Å². The van der Waals surface area contributed by atoms with E-state index in [1.807, 2.05) is 0 Å². The molecule has 0 aromatic carbocycles. The van der Waals surface area contributed by atoms with Crippen LogP contribution in [0.5, 0.6) is 0 Å². The normalized spacial score (nSPS) is 24.8. The predicted molar refractivity (Wildman–Crippen MR) is 80.5 cm³/mol. The summed E-state index contributed by atoms with van der Waals surface area (Å²) in [5.74, 6) is 0.140. The standard InChI is InChI=1S/C14H21N3O3S/c1-7-4-5-10(8(7)2)17-14(20)15-6-11-16-9(3)12(21-11)13(18)19/h7-8,10H,4-6H2,1-3H3,(H,18,19)(H2,15,17,20). The number of rotatable bonds is 4. The van der Waals surface area contributed by atoms with Crippen molar-refractivity contribution in [1.82, 2.24) is 15.6 Å². The third-order valence-corrected chi connectivity index (χ3v) is 5.36. The zero-order chi connectivity index (χ0) is 15.6. The minimum Gasteiger partial charge on any atom is -0.477 e. The molecule has 1 aliphatic carbocycles.